The Morgan fingerprint density at radius 2 is 1.75 bits per heavy atom. The van der Waals surface area contributed by atoms with Crippen LogP contribution in [0, 0.1) is 0 Å². The quantitative estimate of drug-likeness (QED) is 0.632. The van der Waals surface area contributed by atoms with Crippen molar-refractivity contribution in [2.24, 2.45) is 0 Å². The number of benzene rings is 2. The highest BCUT2D eigenvalue weighted by molar-refractivity contribution is 5.92. The molecule has 0 bridgehead atoms. The molecule has 24 heavy (non-hydrogen) atoms. The van der Waals surface area contributed by atoms with Gasteiger partial charge in [-0.1, -0.05) is 42.5 Å². The molecule has 4 aromatic rings. The fourth-order valence-electron chi connectivity index (χ4n) is 3.08. The standard InChI is InChI=1S/C19H18N4O/c1-22(2)12-16-17(13-8-4-3-5-9-13)21-18-14-10-6-7-11-15(14)20-19(24)23(16)18/h3-11H,12H2,1-2H3,(H,20,24). The van der Waals surface area contributed by atoms with Crippen molar-refractivity contribution in [3.05, 3.63) is 70.8 Å². The number of nitrogens with one attached hydrogen (secondary N) is 1. The van der Waals surface area contributed by atoms with E-state index in [0.29, 0.717) is 12.2 Å². The van der Waals surface area contributed by atoms with Gasteiger partial charge in [-0.05, 0) is 26.2 Å². The molecule has 0 atom stereocenters. The van der Waals surface area contributed by atoms with Gasteiger partial charge in [0.05, 0.1) is 16.9 Å². The Bertz CT molecular complexity index is 1080. The minimum atomic E-state index is -0.157. The largest absolute Gasteiger partial charge is 0.332 e. The van der Waals surface area contributed by atoms with E-state index in [1.807, 2.05) is 73.6 Å². The molecule has 0 saturated heterocycles. The zero-order chi connectivity index (χ0) is 16.7. The summed E-state index contributed by atoms with van der Waals surface area (Å²) in [5, 5.41) is 0.944. The van der Waals surface area contributed by atoms with Gasteiger partial charge in [-0.2, -0.15) is 0 Å². The highest BCUT2D eigenvalue weighted by atomic mass is 16.1. The molecule has 0 saturated carbocycles. The second kappa shape index (κ2) is 5.62. The van der Waals surface area contributed by atoms with Crippen LogP contribution in [-0.2, 0) is 6.54 Å². The van der Waals surface area contributed by atoms with E-state index in [0.717, 1.165) is 27.9 Å². The first-order chi connectivity index (χ1) is 11.6. The molecule has 2 aromatic heterocycles. The Kier molecular flexibility index (Phi) is 3.43. The molecule has 5 heteroatoms. The molecule has 0 radical (unpaired) electrons. The van der Waals surface area contributed by atoms with Crippen molar-refractivity contribution < 1.29 is 0 Å². The minimum absolute atomic E-state index is 0.157. The number of para-hydroxylation sites is 1. The van der Waals surface area contributed by atoms with Crippen LogP contribution in [0.25, 0.3) is 27.8 Å². The first-order valence-electron chi connectivity index (χ1n) is 7.87. The Morgan fingerprint density at radius 1 is 1.04 bits per heavy atom. The van der Waals surface area contributed by atoms with Gasteiger partial charge in [-0.25, -0.2) is 14.2 Å². The molecular weight excluding hydrogens is 300 g/mol. The molecule has 0 unspecified atom stereocenters. The zero-order valence-corrected chi connectivity index (χ0v) is 13.7. The van der Waals surface area contributed by atoms with Crippen LogP contribution in [0.5, 0.6) is 0 Å². The summed E-state index contributed by atoms with van der Waals surface area (Å²) < 4.78 is 1.70. The summed E-state index contributed by atoms with van der Waals surface area (Å²) in [7, 11) is 3.98. The Labute approximate surface area is 139 Å². The monoisotopic (exact) mass is 318 g/mol. The number of hydrogen-bond acceptors (Lipinski definition) is 3. The third-order valence-electron chi connectivity index (χ3n) is 4.10. The zero-order valence-electron chi connectivity index (χ0n) is 13.7. The molecule has 120 valence electrons. The molecule has 0 aliphatic carbocycles. The normalized spacial score (nSPS) is 11.6. The van der Waals surface area contributed by atoms with Crippen molar-refractivity contribution in [1.29, 1.82) is 0 Å². The lowest BCUT2D eigenvalue weighted by Crippen LogP contribution is -2.21. The Balaban J connectivity index is 2.14. The smallest absolute Gasteiger partial charge is 0.306 e. The summed E-state index contributed by atoms with van der Waals surface area (Å²) in [5.41, 5.74) is 4.11. The molecule has 1 N–H and O–H groups in total. The van der Waals surface area contributed by atoms with Gasteiger partial charge in [-0.15, -0.1) is 0 Å². The maximum absolute atomic E-state index is 12.7. The average molecular weight is 318 g/mol. The summed E-state index contributed by atoms with van der Waals surface area (Å²) in [4.78, 5) is 22.5. The Morgan fingerprint density at radius 3 is 2.50 bits per heavy atom. The topological polar surface area (TPSA) is 53.4 Å². The lowest BCUT2D eigenvalue weighted by Gasteiger charge is -2.11. The van der Waals surface area contributed by atoms with Crippen molar-refractivity contribution in [3.8, 4) is 11.3 Å². The van der Waals surface area contributed by atoms with Crippen LogP contribution in [0.4, 0.5) is 0 Å². The van der Waals surface area contributed by atoms with E-state index >= 15 is 0 Å². The van der Waals surface area contributed by atoms with Crippen molar-refractivity contribution in [2.45, 2.75) is 6.54 Å². The van der Waals surface area contributed by atoms with Crippen LogP contribution >= 0.6 is 0 Å². The fraction of sp³-hybridized carbons (Fsp3) is 0.158. The Hall–Kier alpha value is -2.92. The maximum atomic E-state index is 12.7. The van der Waals surface area contributed by atoms with Crippen LogP contribution in [0.15, 0.2) is 59.4 Å². The molecule has 0 fully saturated rings. The van der Waals surface area contributed by atoms with E-state index in [-0.39, 0.29) is 5.69 Å². The molecule has 0 aliphatic heterocycles. The first kappa shape index (κ1) is 14.7. The number of hydrogen-bond donors (Lipinski definition) is 1. The third-order valence-corrected chi connectivity index (χ3v) is 4.10. The molecular formula is C19H18N4O. The van der Waals surface area contributed by atoms with Gasteiger partial charge >= 0.3 is 5.69 Å². The summed E-state index contributed by atoms with van der Waals surface area (Å²) >= 11 is 0. The van der Waals surface area contributed by atoms with E-state index in [4.69, 9.17) is 4.98 Å². The van der Waals surface area contributed by atoms with Gasteiger partial charge < -0.3 is 9.88 Å². The van der Waals surface area contributed by atoms with E-state index < -0.39 is 0 Å². The molecule has 2 aromatic carbocycles. The van der Waals surface area contributed by atoms with E-state index in [9.17, 15) is 4.79 Å². The minimum Gasteiger partial charge on any atom is -0.306 e. The van der Waals surface area contributed by atoms with Gasteiger partial charge in [0.25, 0.3) is 0 Å². The summed E-state index contributed by atoms with van der Waals surface area (Å²) in [6.45, 7) is 0.632. The molecule has 4 rings (SSSR count). The van der Waals surface area contributed by atoms with Crippen molar-refractivity contribution in [3.63, 3.8) is 0 Å². The van der Waals surface area contributed by atoms with Gasteiger partial charge in [0.1, 0.15) is 0 Å². The van der Waals surface area contributed by atoms with Gasteiger partial charge in [-0.3, -0.25) is 0 Å². The van der Waals surface area contributed by atoms with Crippen LogP contribution < -0.4 is 5.69 Å². The van der Waals surface area contributed by atoms with Crippen molar-refractivity contribution >= 4 is 16.6 Å². The molecule has 2 heterocycles. The van der Waals surface area contributed by atoms with Crippen LogP contribution in [0.2, 0.25) is 0 Å². The number of rotatable bonds is 3. The number of aromatic nitrogens is 3. The van der Waals surface area contributed by atoms with Gasteiger partial charge in [0.15, 0.2) is 5.65 Å². The molecule has 5 nitrogen and oxygen atoms in total. The molecule has 0 amide bonds. The SMILES string of the molecule is CN(C)Cc1c(-c2ccccc2)nc2c3ccccc3[nH]c(=O)n12. The second-order valence-electron chi connectivity index (χ2n) is 6.15. The van der Waals surface area contributed by atoms with E-state index in [1.54, 1.807) is 4.40 Å². The number of nitrogens with zero attached hydrogens (tertiary/aromatic N) is 3. The first-order valence-corrected chi connectivity index (χ1v) is 7.87. The summed E-state index contributed by atoms with van der Waals surface area (Å²) in [6, 6.07) is 17.8. The van der Waals surface area contributed by atoms with Crippen molar-refractivity contribution in [2.75, 3.05) is 14.1 Å². The number of aromatic amines is 1. The highest BCUT2D eigenvalue weighted by Crippen LogP contribution is 2.27. The van der Waals surface area contributed by atoms with Gasteiger partial charge in [0.2, 0.25) is 0 Å². The van der Waals surface area contributed by atoms with Gasteiger partial charge in [0, 0.05) is 17.5 Å². The second-order valence-corrected chi connectivity index (χ2v) is 6.15. The molecule has 0 spiro atoms. The van der Waals surface area contributed by atoms with Crippen LogP contribution in [0.1, 0.15) is 5.69 Å². The molecule has 0 aliphatic rings. The number of fused-ring (bicyclic) bond motifs is 3. The summed E-state index contributed by atoms with van der Waals surface area (Å²) in [6.07, 6.45) is 0. The number of H-pyrrole nitrogens is 1. The predicted molar refractivity (Wildman–Crippen MR) is 96.1 cm³/mol. The fourth-order valence-corrected chi connectivity index (χ4v) is 3.08. The summed E-state index contributed by atoms with van der Waals surface area (Å²) in [5.74, 6) is 0. The van der Waals surface area contributed by atoms with E-state index in [2.05, 4.69) is 4.98 Å². The predicted octanol–water partition coefficient (Wildman–Crippen LogP) is 2.90. The number of imidazole rings is 1. The highest BCUT2D eigenvalue weighted by Gasteiger charge is 2.18. The van der Waals surface area contributed by atoms with Crippen LogP contribution in [-0.4, -0.2) is 33.4 Å². The average Bonchev–Trinajstić information content (AvgIpc) is 2.95. The van der Waals surface area contributed by atoms with Crippen molar-refractivity contribution in [1.82, 2.24) is 19.3 Å². The third kappa shape index (κ3) is 2.30. The lowest BCUT2D eigenvalue weighted by molar-refractivity contribution is 0.395. The maximum Gasteiger partial charge on any atom is 0.332 e. The van der Waals surface area contributed by atoms with E-state index in [1.165, 1.54) is 0 Å². The van der Waals surface area contributed by atoms with Crippen LogP contribution in [0.3, 0.4) is 0 Å². The lowest BCUT2D eigenvalue weighted by atomic mass is 10.1.